The molecule has 2 aliphatic heterocycles. The second kappa shape index (κ2) is 11.2. The van der Waals surface area contributed by atoms with Gasteiger partial charge in [-0.05, 0) is 63.1 Å². The predicted molar refractivity (Wildman–Crippen MR) is 146 cm³/mol. The van der Waals surface area contributed by atoms with Crippen LogP contribution in [0, 0.1) is 0 Å². The Hall–Kier alpha value is -1.60. The molecule has 1 aliphatic carbocycles. The van der Waals surface area contributed by atoms with Gasteiger partial charge in [0.2, 0.25) is 5.91 Å². The number of fused-ring (bicyclic) bond motifs is 1. The van der Waals surface area contributed by atoms with Crippen LogP contribution in [0.15, 0.2) is 30.6 Å². The minimum Gasteiger partial charge on any atom is -0.353 e. The standard InChI is InChI=1S/C26H34ClN5O.2ClH/c1-17-7-8-20-22(17)24(29-16-28-20)31-11-13-32(14-12-31)25(33)23(18-5-4-6-19(27)15-18)21-9-10-26(2,3)30-21;;/h4-6,15-17,21,23,30H,7-14H2,1-3H3;2*1H. The van der Waals surface area contributed by atoms with E-state index in [-0.39, 0.29) is 48.2 Å². The number of nitrogens with zero attached hydrogens (tertiary/aromatic N) is 4. The van der Waals surface area contributed by atoms with E-state index in [0.717, 1.165) is 50.2 Å². The van der Waals surface area contributed by atoms with E-state index in [1.807, 2.05) is 29.2 Å². The van der Waals surface area contributed by atoms with Crippen LogP contribution in [0.5, 0.6) is 0 Å². The molecule has 1 aromatic heterocycles. The van der Waals surface area contributed by atoms with E-state index in [9.17, 15) is 4.79 Å². The normalized spacial score (nSPS) is 23.8. The van der Waals surface area contributed by atoms with Crippen molar-refractivity contribution in [2.24, 2.45) is 0 Å². The minimum absolute atomic E-state index is 0. The smallest absolute Gasteiger partial charge is 0.231 e. The summed E-state index contributed by atoms with van der Waals surface area (Å²) in [7, 11) is 0. The zero-order valence-corrected chi connectivity index (χ0v) is 23.1. The molecule has 3 aliphatic rings. The number of nitrogens with one attached hydrogen (secondary N) is 1. The van der Waals surface area contributed by atoms with Crippen LogP contribution in [-0.4, -0.2) is 58.5 Å². The number of piperazine rings is 1. The number of hydrogen-bond acceptors (Lipinski definition) is 5. The van der Waals surface area contributed by atoms with Crippen LogP contribution in [0.4, 0.5) is 5.82 Å². The third-order valence-electron chi connectivity index (χ3n) is 7.68. The second-order valence-corrected chi connectivity index (χ2v) is 11.0. The SMILES string of the molecule is CC1CCc2ncnc(N3CCN(C(=O)C(c4cccc(Cl)c4)C4CCC(C)(C)N4)CC3)c21.Cl.Cl. The van der Waals surface area contributed by atoms with E-state index in [1.54, 1.807) is 6.33 Å². The maximum atomic E-state index is 13.9. The molecule has 3 atom stereocenters. The van der Waals surface area contributed by atoms with Gasteiger partial charge in [0.15, 0.2) is 0 Å². The number of rotatable bonds is 4. The zero-order chi connectivity index (χ0) is 23.2. The fourth-order valence-electron chi connectivity index (χ4n) is 5.87. The Balaban J connectivity index is 0.00000171. The molecule has 0 spiro atoms. The van der Waals surface area contributed by atoms with E-state index >= 15 is 0 Å². The lowest BCUT2D eigenvalue weighted by atomic mass is 9.88. The lowest BCUT2D eigenvalue weighted by molar-refractivity contribution is -0.133. The molecule has 35 heavy (non-hydrogen) atoms. The van der Waals surface area contributed by atoms with Gasteiger partial charge < -0.3 is 15.1 Å². The number of benzene rings is 1. The maximum Gasteiger partial charge on any atom is 0.231 e. The molecule has 1 aromatic carbocycles. The summed E-state index contributed by atoms with van der Waals surface area (Å²) in [4.78, 5) is 27.4. The molecule has 0 radical (unpaired) electrons. The van der Waals surface area contributed by atoms with E-state index < -0.39 is 0 Å². The molecule has 192 valence electrons. The van der Waals surface area contributed by atoms with Crippen LogP contribution in [0.1, 0.15) is 68.7 Å². The van der Waals surface area contributed by atoms with Crippen molar-refractivity contribution in [2.75, 3.05) is 31.1 Å². The molecule has 9 heteroatoms. The van der Waals surface area contributed by atoms with Crippen LogP contribution < -0.4 is 10.2 Å². The summed E-state index contributed by atoms with van der Waals surface area (Å²) in [5.41, 5.74) is 3.56. The highest BCUT2D eigenvalue weighted by Gasteiger charge is 2.41. The number of aromatic nitrogens is 2. The average molecular weight is 541 g/mol. The van der Waals surface area contributed by atoms with E-state index in [2.05, 4.69) is 41.0 Å². The first kappa shape index (κ1) is 28.0. The van der Waals surface area contributed by atoms with Gasteiger partial charge in [-0.25, -0.2) is 9.97 Å². The maximum absolute atomic E-state index is 13.9. The van der Waals surface area contributed by atoms with Crippen molar-refractivity contribution in [3.05, 3.63) is 52.4 Å². The Morgan fingerprint density at radius 2 is 1.89 bits per heavy atom. The fraction of sp³-hybridized carbons (Fsp3) is 0.577. The lowest BCUT2D eigenvalue weighted by Crippen LogP contribution is -2.53. The molecule has 1 N–H and O–H groups in total. The highest BCUT2D eigenvalue weighted by atomic mass is 35.5. The molecule has 0 bridgehead atoms. The Morgan fingerprint density at radius 3 is 2.54 bits per heavy atom. The summed E-state index contributed by atoms with van der Waals surface area (Å²) in [5, 5.41) is 4.40. The Morgan fingerprint density at radius 1 is 1.14 bits per heavy atom. The number of anilines is 1. The van der Waals surface area contributed by atoms with Gasteiger partial charge >= 0.3 is 0 Å². The van der Waals surface area contributed by atoms with Crippen LogP contribution in [-0.2, 0) is 11.2 Å². The monoisotopic (exact) mass is 539 g/mol. The molecule has 2 aromatic rings. The topological polar surface area (TPSA) is 61.4 Å². The Bertz CT molecular complexity index is 1040. The highest BCUT2D eigenvalue weighted by molar-refractivity contribution is 6.30. The number of carbonyl (C=O) groups is 1. The summed E-state index contributed by atoms with van der Waals surface area (Å²) in [6.45, 7) is 9.71. The third-order valence-corrected chi connectivity index (χ3v) is 7.91. The summed E-state index contributed by atoms with van der Waals surface area (Å²) < 4.78 is 0. The van der Waals surface area contributed by atoms with Crippen molar-refractivity contribution in [1.29, 1.82) is 0 Å². The zero-order valence-electron chi connectivity index (χ0n) is 20.7. The summed E-state index contributed by atoms with van der Waals surface area (Å²) >= 11 is 6.32. The van der Waals surface area contributed by atoms with Gasteiger partial charge in [-0.2, -0.15) is 0 Å². The molecule has 2 saturated heterocycles. The van der Waals surface area contributed by atoms with Gasteiger partial charge in [0.05, 0.1) is 5.92 Å². The minimum atomic E-state index is -0.222. The fourth-order valence-corrected chi connectivity index (χ4v) is 6.07. The van der Waals surface area contributed by atoms with Gasteiger partial charge in [0.25, 0.3) is 0 Å². The first-order chi connectivity index (χ1) is 15.8. The Kier molecular flexibility index (Phi) is 8.96. The van der Waals surface area contributed by atoms with Crippen molar-refractivity contribution in [3.8, 4) is 0 Å². The largest absolute Gasteiger partial charge is 0.353 e. The van der Waals surface area contributed by atoms with Crippen molar-refractivity contribution < 1.29 is 4.79 Å². The van der Waals surface area contributed by atoms with Gasteiger partial charge in [-0.15, -0.1) is 24.8 Å². The molecular formula is C26H36Cl3N5O. The summed E-state index contributed by atoms with van der Waals surface area (Å²) in [6.07, 6.45) is 5.93. The predicted octanol–water partition coefficient (Wildman–Crippen LogP) is 4.99. The number of carbonyl (C=O) groups excluding carboxylic acids is 1. The number of halogens is 3. The van der Waals surface area contributed by atoms with Crippen molar-refractivity contribution in [2.45, 2.75) is 69.9 Å². The molecule has 2 fully saturated rings. The van der Waals surface area contributed by atoms with Crippen molar-refractivity contribution in [1.82, 2.24) is 20.2 Å². The number of aryl methyl sites for hydroxylation is 1. The first-order valence-corrected chi connectivity index (χ1v) is 12.6. The molecule has 5 rings (SSSR count). The second-order valence-electron chi connectivity index (χ2n) is 10.5. The van der Waals surface area contributed by atoms with Crippen LogP contribution in [0.3, 0.4) is 0 Å². The quantitative estimate of drug-likeness (QED) is 0.592. The van der Waals surface area contributed by atoms with Gasteiger partial charge in [-0.3, -0.25) is 4.79 Å². The van der Waals surface area contributed by atoms with Gasteiger partial charge in [-0.1, -0.05) is 30.7 Å². The summed E-state index contributed by atoms with van der Waals surface area (Å²) in [5.74, 6) is 1.55. The number of hydrogen-bond donors (Lipinski definition) is 1. The number of amides is 1. The molecule has 3 unspecified atom stereocenters. The van der Waals surface area contributed by atoms with Gasteiger partial charge in [0.1, 0.15) is 12.1 Å². The van der Waals surface area contributed by atoms with Crippen LogP contribution in [0.2, 0.25) is 5.02 Å². The van der Waals surface area contributed by atoms with Crippen LogP contribution >= 0.6 is 36.4 Å². The molecule has 0 saturated carbocycles. The first-order valence-electron chi connectivity index (χ1n) is 12.2. The summed E-state index contributed by atoms with van der Waals surface area (Å²) in [6, 6.07) is 7.95. The van der Waals surface area contributed by atoms with Gasteiger partial charge in [0, 0.05) is 54.0 Å². The van der Waals surface area contributed by atoms with E-state index in [0.29, 0.717) is 24.0 Å². The molecular weight excluding hydrogens is 505 g/mol. The molecule has 6 nitrogen and oxygen atoms in total. The highest BCUT2D eigenvalue weighted by Crippen LogP contribution is 2.38. The molecule has 1 amide bonds. The molecule has 3 heterocycles. The third kappa shape index (κ3) is 5.71. The average Bonchev–Trinajstić information content (AvgIpc) is 3.36. The van der Waals surface area contributed by atoms with Crippen LogP contribution in [0.25, 0.3) is 0 Å². The van der Waals surface area contributed by atoms with E-state index in [4.69, 9.17) is 11.6 Å². The lowest BCUT2D eigenvalue weighted by Gasteiger charge is -2.39. The van der Waals surface area contributed by atoms with Crippen molar-refractivity contribution in [3.63, 3.8) is 0 Å². The van der Waals surface area contributed by atoms with Crippen molar-refractivity contribution >= 4 is 48.1 Å². The van der Waals surface area contributed by atoms with E-state index in [1.165, 1.54) is 11.3 Å². The Labute approximate surface area is 226 Å².